The van der Waals surface area contributed by atoms with Crippen LogP contribution >= 0.6 is 0 Å². The summed E-state index contributed by atoms with van der Waals surface area (Å²) in [5.41, 5.74) is 6.17. The standard InChI is InChI=1S/C16H23N3O5/c17-9-5-4-8-13(15(21)22)19-14(20)10-18-16(23)24-11-12-6-2-1-3-7-12/h1-3,6-7,13H,4-5,8-11,17H2,(H,18,23)(H,19,20)(H,21,22)/t13-/m0/s1. The highest BCUT2D eigenvalue weighted by Gasteiger charge is 2.19. The van der Waals surface area contributed by atoms with Gasteiger partial charge in [-0.3, -0.25) is 4.79 Å². The van der Waals surface area contributed by atoms with Crippen molar-refractivity contribution in [2.75, 3.05) is 13.1 Å². The van der Waals surface area contributed by atoms with Gasteiger partial charge in [-0.1, -0.05) is 30.3 Å². The van der Waals surface area contributed by atoms with Gasteiger partial charge in [0.15, 0.2) is 0 Å². The third kappa shape index (κ3) is 8.14. The largest absolute Gasteiger partial charge is 0.480 e. The van der Waals surface area contributed by atoms with E-state index in [0.717, 1.165) is 5.56 Å². The molecule has 0 saturated heterocycles. The molecule has 0 aliphatic rings. The van der Waals surface area contributed by atoms with Crippen molar-refractivity contribution in [3.63, 3.8) is 0 Å². The molecule has 0 bridgehead atoms. The van der Waals surface area contributed by atoms with E-state index in [4.69, 9.17) is 15.6 Å². The number of carboxylic acids is 1. The zero-order valence-corrected chi connectivity index (χ0v) is 13.4. The normalized spacial score (nSPS) is 11.4. The molecule has 132 valence electrons. The van der Waals surface area contributed by atoms with Crippen LogP contribution in [0, 0.1) is 0 Å². The molecule has 0 unspecified atom stereocenters. The number of rotatable bonds is 10. The molecule has 0 aromatic heterocycles. The number of nitrogens with one attached hydrogen (secondary N) is 2. The molecule has 1 atom stereocenters. The molecule has 2 amide bonds. The van der Waals surface area contributed by atoms with E-state index in [2.05, 4.69) is 10.6 Å². The van der Waals surface area contributed by atoms with Gasteiger partial charge in [0, 0.05) is 0 Å². The van der Waals surface area contributed by atoms with Gasteiger partial charge in [0.1, 0.15) is 19.2 Å². The van der Waals surface area contributed by atoms with E-state index in [1.54, 1.807) is 12.1 Å². The number of ether oxygens (including phenoxy) is 1. The summed E-state index contributed by atoms with van der Waals surface area (Å²) < 4.78 is 4.95. The molecule has 5 N–H and O–H groups in total. The number of alkyl carbamates (subject to hydrolysis) is 1. The number of unbranched alkanes of at least 4 members (excludes halogenated alkanes) is 1. The van der Waals surface area contributed by atoms with Gasteiger partial charge in [0.2, 0.25) is 5.91 Å². The van der Waals surface area contributed by atoms with Crippen LogP contribution in [-0.2, 0) is 20.9 Å². The Bertz CT molecular complexity index is 536. The lowest BCUT2D eigenvalue weighted by atomic mass is 10.1. The van der Waals surface area contributed by atoms with E-state index in [0.29, 0.717) is 19.4 Å². The van der Waals surface area contributed by atoms with E-state index in [1.807, 2.05) is 18.2 Å². The number of carboxylic acid groups (broad SMARTS) is 1. The van der Waals surface area contributed by atoms with Crippen LogP contribution in [0.2, 0.25) is 0 Å². The highest BCUT2D eigenvalue weighted by molar-refractivity contribution is 5.86. The third-order valence-corrected chi connectivity index (χ3v) is 3.19. The SMILES string of the molecule is NCCCC[C@H](NC(=O)CNC(=O)OCc1ccccc1)C(=O)O. The molecule has 1 aromatic carbocycles. The molecule has 0 aliphatic carbocycles. The number of carbonyl (C=O) groups is 3. The van der Waals surface area contributed by atoms with Crippen molar-refractivity contribution < 1.29 is 24.2 Å². The molecular weight excluding hydrogens is 314 g/mol. The second-order valence-electron chi connectivity index (χ2n) is 5.16. The van der Waals surface area contributed by atoms with Crippen molar-refractivity contribution in [3.8, 4) is 0 Å². The number of amides is 2. The van der Waals surface area contributed by atoms with E-state index in [1.165, 1.54) is 0 Å². The highest BCUT2D eigenvalue weighted by Crippen LogP contribution is 2.01. The van der Waals surface area contributed by atoms with E-state index in [9.17, 15) is 14.4 Å². The lowest BCUT2D eigenvalue weighted by Gasteiger charge is -2.14. The number of nitrogens with two attached hydrogens (primary N) is 1. The quantitative estimate of drug-likeness (QED) is 0.463. The molecule has 8 heteroatoms. The zero-order valence-electron chi connectivity index (χ0n) is 13.4. The Morgan fingerprint density at radius 3 is 2.50 bits per heavy atom. The van der Waals surface area contributed by atoms with Crippen molar-refractivity contribution in [1.29, 1.82) is 0 Å². The van der Waals surface area contributed by atoms with Crippen LogP contribution < -0.4 is 16.4 Å². The van der Waals surface area contributed by atoms with Gasteiger partial charge in [-0.25, -0.2) is 9.59 Å². The van der Waals surface area contributed by atoms with Gasteiger partial charge in [-0.15, -0.1) is 0 Å². The van der Waals surface area contributed by atoms with Gasteiger partial charge in [0.05, 0.1) is 0 Å². The van der Waals surface area contributed by atoms with Crippen LogP contribution in [-0.4, -0.2) is 42.2 Å². The summed E-state index contributed by atoms with van der Waals surface area (Å²) >= 11 is 0. The Morgan fingerprint density at radius 1 is 1.17 bits per heavy atom. The summed E-state index contributed by atoms with van der Waals surface area (Å²) in [6.45, 7) is 0.203. The zero-order chi connectivity index (χ0) is 17.8. The maximum Gasteiger partial charge on any atom is 0.407 e. The lowest BCUT2D eigenvalue weighted by molar-refractivity contribution is -0.141. The average molecular weight is 337 g/mol. The molecule has 1 aromatic rings. The van der Waals surface area contributed by atoms with E-state index >= 15 is 0 Å². The number of hydrogen-bond acceptors (Lipinski definition) is 5. The summed E-state index contributed by atoms with van der Waals surface area (Å²) in [7, 11) is 0. The smallest absolute Gasteiger partial charge is 0.407 e. The fourth-order valence-corrected chi connectivity index (χ4v) is 1.92. The second kappa shape index (κ2) is 11.0. The summed E-state index contributed by atoms with van der Waals surface area (Å²) in [6, 6.07) is 8.10. The van der Waals surface area contributed by atoms with Crippen LogP contribution in [0.15, 0.2) is 30.3 Å². The average Bonchev–Trinajstić information content (AvgIpc) is 2.58. The Labute approximate surface area is 140 Å². The van der Waals surface area contributed by atoms with Crippen LogP contribution in [0.4, 0.5) is 4.79 Å². The molecule has 0 spiro atoms. The second-order valence-corrected chi connectivity index (χ2v) is 5.16. The first-order valence-corrected chi connectivity index (χ1v) is 7.69. The minimum atomic E-state index is -1.12. The fraction of sp³-hybridized carbons (Fsp3) is 0.438. The molecule has 8 nitrogen and oxygen atoms in total. The van der Waals surface area contributed by atoms with Crippen molar-refractivity contribution >= 4 is 18.0 Å². The lowest BCUT2D eigenvalue weighted by Crippen LogP contribution is -2.45. The van der Waals surface area contributed by atoms with Crippen molar-refractivity contribution in [3.05, 3.63) is 35.9 Å². The van der Waals surface area contributed by atoms with E-state index < -0.39 is 24.0 Å². The first-order valence-electron chi connectivity index (χ1n) is 7.69. The Hall–Kier alpha value is -2.61. The molecule has 0 aliphatic heterocycles. The van der Waals surface area contributed by atoms with Crippen LogP contribution in [0.3, 0.4) is 0 Å². The first kappa shape index (κ1) is 19.4. The topological polar surface area (TPSA) is 131 Å². The Balaban J connectivity index is 2.27. The van der Waals surface area contributed by atoms with Gasteiger partial charge in [-0.2, -0.15) is 0 Å². The van der Waals surface area contributed by atoms with Crippen LogP contribution in [0.1, 0.15) is 24.8 Å². The van der Waals surface area contributed by atoms with Crippen molar-refractivity contribution in [2.24, 2.45) is 5.73 Å². The predicted molar refractivity (Wildman–Crippen MR) is 87.1 cm³/mol. The number of aliphatic carboxylic acids is 1. The highest BCUT2D eigenvalue weighted by atomic mass is 16.5. The Morgan fingerprint density at radius 2 is 1.88 bits per heavy atom. The molecule has 0 heterocycles. The third-order valence-electron chi connectivity index (χ3n) is 3.19. The van der Waals surface area contributed by atoms with Gasteiger partial charge >= 0.3 is 12.1 Å². The molecular formula is C16H23N3O5. The van der Waals surface area contributed by atoms with Crippen molar-refractivity contribution in [1.82, 2.24) is 10.6 Å². The van der Waals surface area contributed by atoms with Gasteiger partial charge < -0.3 is 26.2 Å². The first-order chi connectivity index (χ1) is 11.5. The van der Waals surface area contributed by atoms with Gasteiger partial charge in [0.25, 0.3) is 0 Å². The number of carbonyl (C=O) groups excluding carboxylic acids is 2. The maximum atomic E-state index is 11.7. The molecule has 0 radical (unpaired) electrons. The number of benzene rings is 1. The predicted octanol–water partition coefficient (Wildman–Crippen LogP) is 0.611. The Kier molecular flexibility index (Phi) is 8.91. The van der Waals surface area contributed by atoms with Crippen LogP contribution in [0.5, 0.6) is 0 Å². The summed E-state index contributed by atoms with van der Waals surface area (Å²) in [5.74, 6) is -1.71. The van der Waals surface area contributed by atoms with Crippen LogP contribution in [0.25, 0.3) is 0 Å². The molecule has 0 saturated carbocycles. The molecule has 1 rings (SSSR count). The summed E-state index contributed by atoms with van der Waals surface area (Å²) in [6.07, 6.45) is 0.824. The maximum absolute atomic E-state index is 11.7. The molecule has 0 fully saturated rings. The summed E-state index contributed by atoms with van der Waals surface area (Å²) in [5, 5.41) is 13.7. The monoisotopic (exact) mass is 337 g/mol. The van der Waals surface area contributed by atoms with Gasteiger partial charge in [-0.05, 0) is 31.4 Å². The van der Waals surface area contributed by atoms with Crippen molar-refractivity contribution in [2.45, 2.75) is 31.9 Å². The summed E-state index contributed by atoms with van der Waals surface area (Å²) in [4.78, 5) is 34.3. The fourth-order valence-electron chi connectivity index (χ4n) is 1.92. The van der Waals surface area contributed by atoms with E-state index in [-0.39, 0.29) is 19.6 Å². The number of hydrogen-bond donors (Lipinski definition) is 4. The molecule has 24 heavy (non-hydrogen) atoms. The minimum absolute atomic E-state index is 0.0884. The minimum Gasteiger partial charge on any atom is -0.480 e.